The van der Waals surface area contributed by atoms with Gasteiger partial charge in [0.05, 0.1) is 42.5 Å². The molecule has 1 fully saturated rings. The predicted molar refractivity (Wildman–Crippen MR) is 156 cm³/mol. The Labute approximate surface area is 246 Å². The first-order valence-corrected chi connectivity index (χ1v) is 14.7. The first kappa shape index (κ1) is 30.0. The Hall–Kier alpha value is -3.51. The summed E-state index contributed by atoms with van der Waals surface area (Å²) < 4.78 is 22.1. The molecule has 0 radical (unpaired) electrons. The van der Waals surface area contributed by atoms with E-state index in [9.17, 15) is 9.90 Å². The van der Waals surface area contributed by atoms with Crippen molar-refractivity contribution in [2.75, 3.05) is 24.6 Å². The van der Waals surface area contributed by atoms with Gasteiger partial charge in [-0.25, -0.2) is 14.5 Å². The second-order valence-corrected chi connectivity index (χ2v) is 12.9. The van der Waals surface area contributed by atoms with Gasteiger partial charge < -0.3 is 24.2 Å². The van der Waals surface area contributed by atoms with E-state index in [1.165, 1.54) is 0 Å². The molecule has 1 unspecified atom stereocenters. The molecular weight excluding hydrogens is 538 g/mol. The number of hydrogen-bond donors (Lipinski definition) is 1. The van der Waals surface area contributed by atoms with Crippen LogP contribution < -0.4 is 4.90 Å². The van der Waals surface area contributed by atoms with E-state index in [0.29, 0.717) is 49.0 Å². The van der Waals surface area contributed by atoms with Gasteiger partial charge in [-0.2, -0.15) is 9.61 Å². The summed E-state index contributed by atoms with van der Waals surface area (Å²) in [5.41, 5.74) is 2.19. The lowest BCUT2D eigenvalue weighted by Crippen LogP contribution is -2.45. The van der Waals surface area contributed by atoms with E-state index in [1.54, 1.807) is 15.5 Å². The zero-order valence-electron chi connectivity index (χ0n) is 25.7. The number of rotatable bonds is 4. The summed E-state index contributed by atoms with van der Waals surface area (Å²) in [5.74, 6) is -0.169. The van der Waals surface area contributed by atoms with Crippen molar-refractivity contribution < 1.29 is 24.1 Å². The molecule has 0 spiro atoms. The van der Waals surface area contributed by atoms with Crippen molar-refractivity contribution in [1.29, 1.82) is 0 Å². The number of aryl methyl sites for hydroxylation is 1. The molecule has 0 saturated carbocycles. The van der Waals surface area contributed by atoms with Crippen molar-refractivity contribution >= 4 is 17.4 Å². The summed E-state index contributed by atoms with van der Waals surface area (Å²) in [7, 11) is 0. The van der Waals surface area contributed by atoms with Crippen molar-refractivity contribution in [3.63, 3.8) is 0 Å². The molecule has 0 aliphatic carbocycles. The van der Waals surface area contributed by atoms with E-state index in [-0.39, 0.29) is 17.6 Å². The molecule has 3 aromatic heterocycles. The number of piperidine rings is 1. The van der Waals surface area contributed by atoms with Crippen LogP contribution in [0.2, 0.25) is 0 Å². The summed E-state index contributed by atoms with van der Waals surface area (Å²) in [6.45, 7) is 16.0. The van der Waals surface area contributed by atoms with Gasteiger partial charge in [0.25, 0.3) is 0 Å². The average molecular weight is 582 g/mol. The van der Waals surface area contributed by atoms with Crippen LogP contribution in [0.25, 0.3) is 5.65 Å². The number of aliphatic carboxylic acids is 1. The lowest BCUT2D eigenvalue weighted by Gasteiger charge is -2.41. The number of fused-ring (bicyclic) bond motifs is 7. The van der Waals surface area contributed by atoms with Gasteiger partial charge in [0.1, 0.15) is 23.2 Å². The van der Waals surface area contributed by atoms with E-state index in [2.05, 4.69) is 36.0 Å². The topological polar surface area (TPSA) is 129 Å². The Kier molecular flexibility index (Phi) is 8.30. The zero-order valence-corrected chi connectivity index (χ0v) is 25.7. The Morgan fingerprint density at radius 3 is 2.64 bits per heavy atom. The van der Waals surface area contributed by atoms with E-state index in [0.717, 1.165) is 30.7 Å². The highest BCUT2D eigenvalue weighted by Gasteiger charge is 2.38. The lowest BCUT2D eigenvalue weighted by molar-refractivity contribution is -0.160. The Morgan fingerprint density at radius 2 is 1.98 bits per heavy atom. The molecule has 1 saturated heterocycles. The van der Waals surface area contributed by atoms with Crippen LogP contribution in [0.4, 0.5) is 5.82 Å². The van der Waals surface area contributed by atoms with Crippen molar-refractivity contribution in [1.82, 2.24) is 29.6 Å². The molecule has 1 N–H and O–H groups in total. The molecule has 6 rings (SSSR count). The summed E-state index contributed by atoms with van der Waals surface area (Å²) in [4.78, 5) is 19.6. The van der Waals surface area contributed by atoms with Gasteiger partial charge in [-0.05, 0) is 53.0 Å². The first-order valence-electron chi connectivity index (χ1n) is 14.7. The van der Waals surface area contributed by atoms with E-state index < -0.39 is 17.7 Å². The summed E-state index contributed by atoms with van der Waals surface area (Å²) in [5, 5.41) is 24.0. The molecule has 12 nitrogen and oxygen atoms in total. The molecule has 0 aromatic carbocycles. The minimum Gasteiger partial charge on any atom is -0.495 e. The van der Waals surface area contributed by atoms with Crippen molar-refractivity contribution in [2.24, 2.45) is 5.92 Å². The van der Waals surface area contributed by atoms with Crippen LogP contribution >= 0.6 is 0 Å². The third kappa shape index (κ3) is 6.44. The number of aromatic nitrogens is 6. The minimum atomic E-state index is -1.22. The molecule has 0 amide bonds. The van der Waals surface area contributed by atoms with Crippen LogP contribution in [0.1, 0.15) is 95.7 Å². The van der Waals surface area contributed by atoms with E-state index >= 15 is 0 Å². The molecule has 3 aromatic rings. The molecule has 6 bridgehead atoms. The molecular formula is C30H43N7O5. The van der Waals surface area contributed by atoms with Gasteiger partial charge in [0.2, 0.25) is 0 Å². The highest BCUT2D eigenvalue weighted by atomic mass is 16.5. The fourth-order valence-electron chi connectivity index (χ4n) is 5.60. The third-order valence-electron chi connectivity index (χ3n) is 7.74. The van der Waals surface area contributed by atoms with Gasteiger partial charge >= 0.3 is 5.97 Å². The number of nitrogens with zero attached hydrogens (tertiary/aromatic N) is 7. The number of carbonyl (C=O) groups is 1. The highest BCUT2D eigenvalue weighted by molar-refractivity contribution is 5.78. The molecule has 3 aliphatic rings. The quantitative estimate of drug-likeness (QED) is 0.466. The third-order valence-corrected chi connectivity index (χ3v) is 7.74. The van der Waals surface area contributed by atoms with Gasteiger partial charge in [-0.1, -0.05) is 19.1 Å². The van der Waals surface area contributed by atoms with Gasteiger partial charge in [0.15, 0.2) is 11.8 Å². The maximum Gasteiger partial charge on any atom is 0.337 e. The average Bonchev–Trinajstić information content (AvgIpc) is 3.52. The van der Waals surface area contributed by atoms with Crippen LogP contribution in [-0.4, -0.2) is 71.6 Å². The molecule has 3 aliphatic heterocycles. The number of carboxylic acid groups (broad SMARTS) is 1. The fourth-order valence-corrected chi connectivity index (χ4v) is 5.60. The smallest absolute Gasteiger partial charge is 0.337 e. The standard InChI is InChI=1S/C30H43N7O5/c1-19(2)25-22-18-36(34-32-22)17-21-16-23-31-20(3)24(26(28(38)39)42-29(4,5)6)27(37(23)33-21)35-12-10-30(7,11-13-35)41-15-9-8-14-40-25/h9,15-16,18-19,25-26H,8,10-14,17H2,1-7H3,(H,38,39)/b15-9-/t25?,26-/m0/s1. The summed E-state index contributed by atoms with van der Waals surface area (Å²) >= 11 is 0. The zero-order chi connectivity index (χ0) is 30.2. The second-order valence-electron chi connectivity index (χ2n) is 12.9. The SMILES string of the molecule is Cc1nc2cc3nn2c(c1[C@H](OC(C)(C)C)C(=O)O)N1CCC(C)(CC1)O/C=C\CCOC(C(C)C)c1cn(nn1)C3. The minimum absolute atomic E-state index is 0.189. The molecule has 12 heteroatoms. The molecule has 6 heterocycles. The number of anilines is 1. The van der Waals surface area contributed by atoms with E-state index in [4.69, 9.17) is 24.3 Å². The van der Waals surface area contributed by atoms with E-state index in [1.807, 2.05) is 46.0 Å². The van der Waals surface area contributed by atoms with Gasteiger partial charge in [-0.15, -0.1) is 5.10 Å². The van der Waals surface area contributed by atoms with Crippen LogP contribution in [0, 0.1) is 12.8 Å². The normalized spacial score (nSPS) is 23.4. The Balaban J connectivity index is 1.63. The monoisotopic (exact) mass is 581 g/mol. The van der Waals surface area contributed by atoms with Crippen LogP contribution in [-0.2, 0) is 25.5 Å². The highest BCUT2D eigenvalue weighted by Crippen LogP contribution is 2.38. The van der Waals surface area contributed by atoms with Crippen LogP contribution in [0.15, 0.2) is 24.6 Å². The van der Waals surface area contributed by atoms with Crippen LogP contribution in [0.5, 0.6) is 0 Å². The van der Waals surface area contributed by atoms with Crippen molar-refractivity contribution in [2.45, 2.75) is 97.7 Å². The molecule has 228 valence electrons. The maximum absolute atomic E-state index is 12.7. The fraction of sp³-hybridized carbons (Fsp3) is 0.633. The van der Waals surface area contributed by atoms with Gasteiger partial charge in [0, 0.05) is 37.7 Å². The number of hydrogen-bond acceptors (Lipinski definition) is 9. The summed E-state index contributed by atoms with van der Waals surface area (Å²) in [6, 6.07) is 1.92. The second kappa shape index (κ2) is 11.6. The Bertz CT molecular complexity index is 1450. The number of carboxylic acids is 1. The number of ether oxygens (including phenoxy) is 3. The van der Waals surface area contributed by atoms with Gasteiger partial charge in [-0.3, -0.25) is 0 Å². The maximum atomic E-state index is 12.7. The first-order chi connectivity index (χ1) is 19.8. The largest absolute Gasteiger partial charge is 0.495 e. The van der Waals surface area contributed by atoms with Crippen LogP contribution in [0.3, 0.4) is 0 Å². The van der Waals surface area contributed by atoms with Crippen molar-refractivity contribution in [3.8, 4) is 0 Å². The Morgan fingerprint density at radius 1 is 1.24 bits per heavy atom. The van der Waals surface area contributed by atoms with Crippen molar-refractivity contribution in [3.05, 3.63) is 47.2 Å². The predicted octanol–water partition coefficient (Wildman–Crippen LogP) is 4.62. The summed E-state index contributed by atoms with van der Waals surface area (Å²) in [6.07, 6.45) is 6.49. The lowest BCUT2D eigenvalue weighted by atomic mass is 9.92. The molecule has 42 heavy (non-hydrogen) atoms. The molecule has 2 atom stereocenters.